The fraction of sp³-hybridized carbons (Fsp3) is 0. The van der Waals surface area contributed by atoms with Crippen LogP contribution in [-0.2, 0) is 0 Å². The predicted molar refractivity (Wildman–Crippen MR) is 69.7 cm³/mol. The van der Waals surface area contributed by atoms with Gasteiger partial charge in [-0.25, -0.2) is 19.9 Å². The topological polar surface area (TPSA) is 59.9 Å². The van der Waals surface area contributed by atoms with Crippen LogP contribution in [0.1, 0.15) is 0 Å². The monoisotopic (exact) mass is 308 g/mol. The van der Waals surface area contributed by atoms with E-state index < -0.39 is 0 Å². The minimum atomic E-state index is 0. The van der Waals surface area contributed by atoms with E-state index in [0.29, 0.717) is 0 Å². The number of rotatable bonds is 0. The molecule has 0 bridgehead atoms. The number of aromatic nitrogens is 4. The second kappa shape index (κ2) is 7.53. The molecule has 4 nitrogen and oxygen atoms in total. The van der Waals surface area contributed by atoms with Crippen LogP contribution < -0.4 is 34.8 Å². The molecule has 0 atom stereocenters. The van der Waals surface area contributed by atoms with Crippen LogP contribution in [-0.4, -0.2) is 9.97 Å². The third-order valence-electron chi connectivity index (χ3n) is 2.76. The zero-order valence-corrected chi connectivity index (χ0v) is 12.0. The molecule has 2 aromatic carbocycles. The molecule has 20 heavy (non-hydrogen) atoms. The van der Waals surface area contributed by atoms with Gasteiger partial charge in [0.2, 0.25) is 12.7 Å². The summed E-state index contributed by atoms with van der Waals surface area (Å²) in [6.45, 7) is 0. The lowest BCUT2D eigenvalue weighted by molar-refractivity contribution is -0.344. The molecule has 0 aliphatic rings. The summed E-state index contributed by atoms with van der Waals surface area (Å²) in [7, 11) is 0. The van der Waals surface area contributed by atoms with Crippen molar-refractivity contribution in [1.29, 1.82) is 0 Å². The molecular weight excluding hydrogens is 295 g/mol. The summed E-state index contributed by atoms with van der Waals surface area (Å²) >= 11 is 0. The molecule has 2 heterocycles. The maximum Gasteiger partial charge on any atom is 0.240 e. The quantitative estimate of drug-likeness (QED) is 0.332. The SMILES string of the molecule is [Cl-].[Cl-].c1ccc2[nH+]c[nH]c2c1.c1ccc2[nH+]c[nH]c2c1. The summed E-state index contributed by atoms with van der Waals surface area (Å²) in [5.74, 6) is 0. The Morgan fingerprint density at radius 2 is 1.00 bits per heavy atom. The lowest BCUT2D eigenvalue weighted by atomic mass is 10.3. The Bertz CT molecular complexity index is 637. The zero-order valence-electron chi connectivity index (χ0n) is 10.5. The Kier molecular flexibility index (Phi) is 6.03. The van der Waals surface area contributed by atoms with Crippen molar-refractivity contribution in [2.75, 3.05) is 0 Å². The minimum absolute atomic E-state index is 0. The molecule has 104 valence electrons. The van der Waals surface area contributed by atoms with Gasteiger partial charge in [-0.15, -0.1) is 0 Å². The Morgan fingerprint density at radius 3 is 1.40 bits per heavy atom. The van der Waals surface area contributed by atoms with Gasteiger partial charge in [-0.1, -0.05) is 24.3 Å². The molecule has 4 aromatic rings. The highest BCUT2D eigenvalue weighted by Gasteiger charge is 1.96. The van der Waals surface area contributed by atoms with Crippen molar-refractivity contribution in [3.8, 4) is 0 Å². The van der Waals surface area contributed by atoms with Gasteiger partial charge < -0.3 is 24.8 Å². The molecule has 0 fully saturated rings. The highest BCUT2D eigenvalue weighted by Crippen LogP contribution is 2.02. The van der Waals surface area contributed by atoms with Crippen molar-refractivity contribution in [3.63, 3.8) is 0 Å². The Balaban J connectivity index is 0.000000182. The molecule has 0 radical (unpaired) electrons. The molecule has 0 aliphatic heterocycles. The summed E-state index contributed by atoms with van der Waals surface area (Å²) in [4.78, 5) is 12.3. The molecule has 0 amide bonds. The molecule has 2 aromatic heterocycles. The van der Waals surface area contributed by atoms with Crippen LogP contribution in [0.4, 0.5) is 0 Å². The molecule has 0 unspecified atom stereocenters. The molecule has 0 saturated heterocycles. The first kappa shape index (κ1) is 16.0. The number of para-hydroxylation sites is 4. The van der Waals surface area contributed by atoms with Crippen LogP contribution in [0.3, 0.4) is 0 Å². The Hall–Kier alpha value is -2.04. The van der Waals surface area contributed by atoms with E-state index in [9.17, 15) is 0 Å². The van der Waals surface area contributed by atoms with Crippen LogP contribution in [0.15, 0.2) is 61.2 Å². The zero-order chi connectivity index (χ0) is 12.2. The van der Waals surface area contributed by atoms with Crippen LogP contribution in [0.25, 0.3) is 22.1 Å². The smallest absolute Gasteiger partial charge is 0.240 e. The van der Waals surface area contributed by atoms with Crippen LogP contribution >= 0.6 is 0 Å². The van der Waals surface area contributed by atoms with Crippen LogP contribution in [0.2, 0.25) is 0 Å². The normalized spacial score (nSPS) is 9.20. The van der Waals surface area contributed by atoms with Crippen LogP contribution in [0, 0.1) is 0 Å². The van der Waals surface area contributed by atoms with Crippen molar-refractivity contribution in [2.24, 2.45) is 0 Å². The van der Waals surface area contributed by atoms with Gasteiger partial charge in [-0.05, 0) is 24.3 Å². The van der Waals surface area contributed by atoms with E-state index in [-0.39, 0.29) is 24.8 Å². The van der Waals surface area contributed by atoms with Crippen molar-refractivity contribution in [1.82, 2.24) is 9.97 Å². The van der Waals surface area contributed by atoms with E-state index in [2.05, 4.69) is 19.9 Å². The molecule has 6 heteroatoms. The first-order chi connectivity index (χ1) is 8.93. The molecule has 0 spiro atoms. The van der Waals surface area contributed by atoms with E-state index in [1.54, 1.807) is 0 Å². The fourth-order valence-electron chi connectivity index (χ4n) is 1.85. The Morgan fingerprint density at radius 1 is 0.600 bits per heavy atom. The van der Waals surface area contributed by atoms with Gasteiger partial charge in [-0.3, -0.25) is 0 Å². The third-order valence-corrected chi connectivity index (χ3v) is 2.76. The maximum atomic E-state index is 3.06. The maximum absolute atomic E-state index is 3.06. The molecule has 0 saturated carbocycles. The summed E-state index contributed by atoms with van der Waals surface area (Å²) < 4.78 is 0. The number of fused-ring (bicyclic) bond motifs is 2. The van der Waals surface area contributed by atoms with Gasteiger partial charge in [0.1, 0.15) is 0 Å². The number of aromatic amines is 4. The second-order valence-electron chi connectivity index (χ2n) is 3.96. The number of imidazole rings is 2. The highest BCUT2D eigenvalue weighted by atomic mass is 35.5. The van der Waals surface area contributed by atoms with Gasteiger partial charge in [-0.2, -0.15) is 0 Å². The molecule has 4 N–H and O–H groups in total. The van der Waals surface area contributed by atoms with Crippen molar-refractivity contribution < 1.29 is 34.8 Å². The number of nitrogens with one attached hydrogen (secondary N) is 4. The molecule has 0 aliphatic carbocycles. The van der Waals surface area contributed by atoms with E-state index in [1.165, 1.54) is 0 Å². The number of hydrogen-bond acceptors (Lipinski definition) is 0. The van der Waals surface area contributed by atoms with Crippen LogP contribution in [0.5, 0.6) is 0 Å². The lowest BCUT2D eigenvalue weighted by Gasteiger charge is -1.76. The van der Waals surface area contributed by atoms with Crippen molar-refractivity contribution in [3.05, 3.63) is 61.2 Å². The average molecular weight is 309 g/mol. The van der Waals surface area contributed by atoms with E-state index >= 15 is 0 Å². The number of halogens is 2. The highest BCUT2D eigenvalue weighted by molar-refractivity contribution is 5.70. The summed E-state index contributed by atoms with van der Waals surface area (Å²) in [6, 6.07) is 16.2. The van der Waals surface area contributed by atoms with E-state index in [0.717, 1.165) is 22.1 Å². The lowest BCUT2D eigenvalue weighted by Crippen LogP contribution is -3.00. The van der Waals surface area contributed by atoms with Gasteiger partial charge in [0.15, 0.2) is 22.1 Å². The Labute approximate surface area is 128 Å². The number of hydrogen-bond donors (Lipinski definition) is 2. The van der Waals surface area contributed by atoms with E-state index in [4.69, 9.17) is 0 Å². The minimum Gasteiger partial charge on any atom is -1.00 e. The van der Waals surface area contributed by atoms with E-state index in [1.807, 2.05) is 61.2 Å². The predicted octanol–water partition coefficient (Wildman–Crippen LogP) is -4.03. The molecular formula is C14H14Cl2N4. The fourth-order valence-corrected chi connectivity index (χ4v) is 1.85. The standard InChI is InChI=1S/2C7H6N2.2ClH/c2*1-2-4-7-6(3-1)8-5-9-7;;/h2*1-5H,(H,8,9);2*1H. The first-order valence-electron chi connectivity index (χ1n) is 5.81. The van der Waals surface area contributed by atoms with Crippen molar-refractivity contribution >= 4 is 22.1 Å². The first-order valence-corrected chi connectivity index (χ1v) is 5.81. The molecule has 4 rings (SSSR count). The van der Waals surface area contributed by atoms with Gasteiger partial charge in [0, 0.05) is 0 Å². The third kappa shape index (κ3) is 3.50. The average Bonchev–Trinajstić information content (AvgIpc) is 3.08. The summed E-state index contributed by atoms with van der Waals surface area (Å²) in [5.41, 5.74) is 4.60. The van der Waals surface area contributed by atoms with Crippen molar-refractivity contribution in [2.45, 2.75) is 0 Å². The van der Waals surface area contributed by atoms with Gasteiger partial charge in [0.05, 0.1) is 0 Å². The van der Waals surface area contributed by atoms with Gasteiger partial charge >= 0.3 is 0 Å². The number of H-pyrrole nitrogens is 4. The second-order valence-corrected chi connectivity index (χ2v) is 3.96. The summed E-state index contributed by atoms with van der Waals surface area (Å²) in [6.07, 6.45) is 3.65. The largest absolute Gasteiger partial charge is 1.00 e. The number of benzene rings is 2. The summed E-state index contributed by atoms with van der Waals surface area (Å²) in [5, 5.41) is 0. The van der Waals surface area contributed by atoms with Gasteiger partial charge in [0.25, 0.3) is 0 Å².